The highest BCUT2D eigenvalue weighted by atomic mass is 35.5. The van der Waals surface area contributed by atoms with Gasteiger partial charge in [-0.1, -0.05) is 24.3 Å². The predicted octanol–water partition coefficient (Wildman–Crippen LogP) is 2.14. The Morgan fingerprint density at radius 1 is 1.60 bits per heavy atom. The summed E-state index contributed by atoms with van der Waals surface area (Å²) in [4.78, 5) is 11.0. The number of likely N-dealkylation sites (N-methyl/N-ethyl adjacent to an activating group) is 1. The van der Waals surface area contributed by atoms with Crippen LogP contribution in [0.25, 0.3) is 6.08 Å². The van der Waals surface area contributed by atoms with E-state index in [0.29, 0.717) is 5.02 Å². The fraction of sp³-hybridized carbons (Fsp3) is 0.182. The average molecular weight is 225 g/mol. The smallest absolute Gasteiger partial charge is 0.239 e. The van der Waals surface area contributed by atoms with Crippen molar-refractivity contribution in [3.8, 4) is 0 Å². The number of hydrogen-bond donors (Lipinski definition) is 2. The van der Waals surface area contributed by atoms with Crippen LogP contribution in [0, 0.1) is 0 Å². The van der Waals surface area contributed by atoms with E-state index in [1.54, 1.807) is 25.3 Å². The van der Waals surface area contributed by atoms with E-state index in [4.69, 9.17) is 11.6 Å². The second-order valence-electron chi connectivity index (χ2n) is 2.96. The van der Waals surface area contributed by atoms with E-state index in [-0.39, 0.29) is 12.5 Å². The van der Waals surface area contributed by atoms with Crippen LogP contribution in [0.3, 0.4) is 0 Å². The summed E-state index contributed by atoms with van der Waals surface area (Å²) >= 11 is 5.83. The molecule has 0 aliphatic carbocycles. The van der Waals surface area contributed by atoms with E-state index < -0.39 is 0 Å². The van der Waals surface area contributed by atoms with Crippen LogP contribution in [-0.2, 0) is 4.79 Å². The summed E-state index contributed by atoms with van der Waals surface area (Å²) in [6, 6.07) is 5.38. The van der Waals surface area contributed by atoms with E-state index in [1.807, 2.05) is 6.07 Å². The van der Waals surface area contributed by atoms with Crippen molar-refractivity contribution in [3.63, 3.8) is 0 Å². The Labute approximate surface area is 94.1 Å². The van der Waals surface area contributed by atoms with Crippen LogP contribution in [0.15, 0.2) is 24.8 Å². The Bertz CT molecular complexity index is 377. The monoisotopic (exact) mass is 224 g/mol. The summed E-state index contributed by atoms with van der Waals surface area (Å²) in [5, 5.41) is 6.18. The van der Waals surface area contributed by atoms with E-state index >= 15 is 0 Å². The van der Waals surface area contributed by atoms with Crippen LogP contribution in [0.1, 0.15) is 5.56 Å². The van der Waals surface area contributed by atoms with Gasteiger partial charge in [0, 0.05) is 17.8 Å². The first-order valence-electron chi connectivity index (χ1n) is 4.54. The SMILES string of the molecule is C=Cc1cc(Cl)ccc1NCC(=O)NC. The molecule has 0 bridgehead atoms. The molecule has 0 saturated heterocycles. The molecule has 1 aromatic rings. The first-order chi connectivity index (χ1) is 7.17. The molecule has 0 atom stereocenters. The Balaban J connectivity index is 2.76. The number of carbonyl (C=O) groups excluding carboxylic acids is 1. The van der Waals surface area contributed by atoms with Gasteiger partial charge in [-0.05, 0) is 23.8 Å². The zero-order chi connectivity index (χ0) is 11.3. The Hall–Kier alpha value is -1.48. The molecule has 0 aromatic heterocycles. The van der Waals surface area contributed by atoms with Gasteiger partial charge in [0.1, 0.15) is 0 Å². The van der Waals surface area contributed by atoms with Crippen LogP contribution in [0.2, 0.25) is 5.02 Å². The first-order valence-corrected chi connectivity index (χ1v) is 4.91. The lowest BCUT2D eigenvalue weighted by Gasteiger charge is -2.09. The van der Waals surface area contributed by atoms with Gasteiger partial charge >= 0.3 is 0 Å². The van der Waals surface area contributed by atoms with Crippen molar-refractivity contribution in [1.29, 1.82) is 0 Å². The van der Waals surface area contributed by atoms with E-state index in [9.17, 15) is 4.79 Å². The quantitative estimate of drug-likeness (QED) is 0.823. The Kier molecular flexibility index (Phi) is 4.18. The number of amides is 1. The van der Waals surface area contributed by atoms with Crippen LogP contribution >= 0.6 is 11.6 Å². The fourth-order valence-corrected chi connectivity index (χ4v) is 1.31. The molecule has 1 amide bonds. The molecule has 2 N–H and O–H groups in total. The topological polar surface area (TPSA) is 41.1 Å². The van der Waals surface area contributed by atoms with Gasteiger partial charge in [0.2, 0.25) is 5.91 Å². The summed E-state index contributed by atoms with van der Waals surface area (Å²) in [5.74, 6) is -0.0695. The minimum Gasteiger partial charge on any atom is -0.376 e. The highest BCUT2D eigenvalue weighted by molar-refractivity contribution is 6.30. The maximum atomic E-state index is 11.0. The highest BCUT2D eigenvalue weighted by Crippen LogP contribution is 2.21. The zero-order valence-corrected chi connectivity index (χ0v) is 9.27. The molecule has 80 valence electrons. The molecule has 0 fully saturated rings. The number of halogens is 1. The number of rotatable bonds is 4. The largest absolute Gasteiger partial charge is 0.376 e. The minimum absolute atomic E-state index is 0.0695. The van der Waals surface area contributed by atoms with Gasteiger partial charge in [-0.3, -0.25) is 4.79 Å². The van der Waals surface area contributed by atoms with Gasteiger partial charge < -0.3 is 10.6 Å². The van der Waals surface area contributed by atoms with Gasteiger partial charge in [-0.15, -0.1) is 0 Å². The molecule has 0 saturated carbocycles. The molecule has 15 heavy (non-hydrogen) atoms. The van der Waals surface area contributed by atoms with Crippen molar-refractivity contribution in [2.24, 2.45) is 0 Å². The third-order valence-corrected chi connectivity index (χ3v) is 2.19. The standard InChI is InChI=1S/C11H13ClN2O/c1-3-8-6-9(12)4-5-10(8)14-7-11(15)13-2/h3-6,14H,1,7H2,2H3,(H,13,15). The lowest BCUT2D eigenvalue weighted by atomic mass is 10.2. The van der Waals surface area contributed by atoms with Crippen molar-refractivity contribution in [3.05, 3.63) is 35.4 Å². The van der Waals surface area contributed by atoms with E-state index in [0.717, 1.165) is 11.3 Å². The molecule has 4 heteroatoms. The van der Waals surface area contributed by atoms with Gasteiger partial charge in [0.25, 0.3) is 0 Å². The van der Waals surface area contributed by atoms with Gasteiger partial charge in [0.15, 0.2) is 0 Å². The van der Waals surface area contributed by atoms with Crippen LogP contribution in [0.5, 0.6) is 0 Å². The van der Waals surface area contributed by atoms with E-state index in [2.05, 4.69) is 17.2 Å². The maximum Gasteiger partial charge on any atom is 0.239 e. The van der Waals surface area contributed by atoms with Crippen LogP contribution in [-0.4, -0.2) is 19.5 Å². The fourth-order valence-electron chi connectivity index (χ4n) is 1.13. The van der Waals surface area contributed by atoms with Crippen molar-refractivity contribution in [2.45, 2.75) is 0 Å². The maximum absolute atomic E-state index is 11.0. The molecule has 1 aromatic carbocycles. The van der Waals surface area contributed by atoms with Crippen molar-refractivity contribution < 1.29 is 4.79 Å². The van der Waals surface area contributed by atoms with Crippen molar-refractivity contribution >= 4 is 29.3 Å². The molecule has 0 radical (unpaired) electrons. The lowest BCUT2D eigenvalue weighted by molar-refractivity contribution is -0.118. The second-order valence-corrected chi connectivity index (χ2v) is 3.40. The van der Waals surface area contributed by atoms with Gasteiger partial charge in [-0.25, -0.2) is 0 Å². The van der Waals surface area contributed by atoms with Crippen molar-refractivity contribution in [2.75, 3.05) is 18.9 Å². The van der Waals surface area contributed by atoms with Gasteiger partial charge in [0.05, 0.1) is 6.54 Å². The van der Waals surface area contributed by atoms with Crippen LogP contribution in [0.4, 0.5) is 5.69 Å². The second kappa shape index (κ2) is 5.41. The Morgan fingerprint density at radius 2 is 2.33 bits per heavy atom. The highest BCUT2D eigenvalue weighted by Gasteiger charge is 2.02. The Morgan fingerprint density at radius 3 is 2.93 bits per heavy atom. The molecule has 0 aliphatic rings. The average Bonchev–Trinajstić information content (AvgIpc) is 2.26. The molecular formula is C11H13ClN2O. The number of nitrogens with one attached hydrogen (secondary N) is 2. The lowest BCUT2D eigenvalue weighted by Crippen LogP contribution is -2.26. The summed E-state index contributed by atoms with van der Waals surface area (Å²) in [5.41, 5.74) is 1.73. The third-order valence-electron chi connectivity index (χ3n) is 1.95. The molecule has 0 aliphatic heterocycles. The summed E-state index contributed by atoms with van der Waals surface area (Å²) < 4.78 is 0. The number of benzene rings is 1. The third kappa shape index (κ3) is 3.29. The minimum atomic E-state index is -0.0695. The first kappa shape index (κ1) is 11.6. The molecule has 3 nitrogen and oxygen atoms in total. The van der Waals surface area contributed by atoms with Gasteiger partial charge in [-0.2, -0.15) is 0 Å². The molecule has 0 heterocycles. The predicted molar refractivity (Wildman–Crippen MR) is 64.1 cm³/mol. The molecule has 0 unspecified atom stereocenters. The molecular weight excluding hydrogens is 212 g/mol. The van der Waals surface area contributed by atoms with E-state index in [1.165, 1.54) is 0 Å². The number of hydrogen-bond acceptors (Lipinski definition) is 2. The number of carbonyl (C=O) groups is 1. The zero-order valence-electron chi connectivity index (χ0n) is 8.51. The summed E-state index contributed by atoms with van der Waals surface area (Å²) in [6.07, 6.45) is 1.69. The van der Waals surface area contributed by atoms with Crippen LogP contribution < -0.4 is 10.6 Å². The summed E-state index contributed by atoms with van der Waals surface area (Å²) in [6.45, 7) is 3.92. The summed E-state index contributed by atoms with van der Waals surface area (Å²) in [7, 11) is 1.60. The normalized spacial score (nSPS) is 9.47. The molecule has 0 spiro atoms. The van der Waals surface area contributed by atoms with Crippen molar-refractivity contribution in [1.82, 2.24) is 5.32 Å². The molecule has 1 rings (SSSR count). The number of anilines is 1.